The van der Waals surface area contributed by atoms with Crippen molar-refractivity contribution in [1.82, 2.24) is 5.32 Å². The summed E-state index contributed by atoms with van der Waals surface area (Å²) in [4.78, 5) is 4.01. The number of anilines is 1. The Morgan fingerprint density at radius 2 is 2.21 bits per heavy atom. The molecule has 0 radical (unpaired) electrons. The van der Waals surface area contributed by atoms with Crippen molar-refractivity contribution in [2.45, 2.75) is 20.1 Å². The number of benzene rings is 1. The van der Waals surface area contributed by atoms with E-state index in [-0.39, 0.29) is 17.3 Å². The standard InChI is InChI=1S/C12H17ClN4OS/c1-7-5-4-6-9(13)10(7)16-11(14)17-12(19)15-8(2)18-3/h4-6,8H,1-3H3,(H4,14,15,16,17,19). The van der Waals surface area contributed by atoms with Crippen molar-refractivity contribution in [1.29, 1.82) is 0 Å². The molecule has 0 amide bonds. The second-order valence-corrected chi connectivity index (χ2v) is 4.68. The molecule has 19 heavy (non-hydrogen) atoms. The van der Waals surface area contributed by atoms with Gasteiger partial charge in [-0.15, -0.1) is 0 Å². The van der Waals surface area contributed by atoms with Gasteiger partial charge in [0.05, 0.1) is 10.7 Å². The number of para-hydroxylation sites is 1. The van der Waals surface area contributed by atoms with E-state index < -0.39 is 0 Å². The van der Waals surface area contributed by atoms with E-state index in [2.05, 4.69) is 15.6 Å². The molecule has 0 bridgehead atoms. The number of aryl methyl sites for hydroxylation is 1. The summed E-state index contributed by atoms with van der Waals surface area (Å²) >= 11 is 11.1. The number of halogens is 1. The van der Waals surface area contributed by atoms with Gasteiger partial charge in [0.2, 0.25) is 5.96 Å². The molecule has 7 heteroatoms. The first-order valence-electron chi connectivity index (χ1n) is 5.63. The highest BCUT2D eigenvalue weighted by molar-refractivity contribution is 7.80. The van der Waals surface area contributed by atoms with Crippen LogP contribution in [0.5, 0.6) is 0 Å². The number of hydrogen-bond donors (Lipinski definition) is 3. The van der Waals surface area contributed by atoms with Gasteiger partial charge in [0.25, 0.3) is 0 Å². The highest BCUT2D eigenvalue weighted by Crippen LogP contribution is 2.24. The molecule has 0 heterocycles. The molecule has 0 saturated heterocycles. The Hall–Kier alpha value is -1.37. The summed E-state index contributed by atoms with van der Waals surface area (Å²) in [5, 5.41) is 6.58. The van der Waals surface area contributed by atoms with Crippen molar-refractivity contribution in [3.8, 4) is 0 Å². The number of ether oxygens (including phenoxy) is 1. The molecule has 0 aliphatic carbocycles. The summed E-state index contributed by atoms with van der Waals surface area (Å²) in [6.45, 7) is 3.73. The Morgan fingerprint density at radius 3 is 2.79 bits per heavy atom. The maximum atomic E-state index is 6.08. The average molecular weight is 301 g/mol. The third-order valence-electron chi connectivity index (χ3n) is 2.38. The maximum Gasteiger partial charge on any atom is 0.200 e. The minimum absolute atomic E-state index is 0.164. The van der Waals surface area contributed by atoms with Crippen LogP contribution in [0.25, 0.3) is 0 Å². The lowest BCUT2D eigenvalue weighted by atomic mass is 10.2. The van der Waals surface area contributed by atoms with Crippen LogP contribution >= 0.6 is 23.8 Å². The van der Waals surface area contributed by atoms with Crippen molar-refractivity contribution in [2.24, 2.45) is 10.7 Å². The van der Waals surface area contributed by atoms with Crippen LogP contribution in [0.4, 0.5) is 5.69 Å². The van der Waals surface area contributed by atoms with E-state index >= 15 is 0 Å². The van der Waals surface area contributed by atoms with Crippen molar-refractivity contribution >= 4 is 40.6 Å². The molecule has 104 valence electrons. The lowest BCUT2D eigenvalue weighted by molar-refractivity contribution is 0.107. The van der Waals surface area contributed by atoms with Crippen LogP contribution in [-0.4, -0.2) is 24.4 Å². The summed E-state index contributed by atoms with van der Waals surface area (Å²) in [6, 6.07) is 5.56. The first-order chi connectivity index (χ1) is 8.93. The third kappa shape index (κ3) is 5.02. The Morgan fingerprint density at radius 1 is 1.53 bits per heavy atom. The molecule has 1 aromatic carbocycles. The van der Waals surface area contributed by atoms with Crippen molar-refractivity contribution in [3.05, 3.63) is 28.8 Å². The lowest BCUT2D eigenvalue weighted by Crippen LogP contribution is -2.34. The summed E-state index contributed by atoms with van der Waals surface area (Å²) in [5.74, 6) is 0.164. The Bertz CT molecular complexity index is 472. The topological polar surface area (TPSA) is 71.7 Å². The fraction of sp³-hybridized carbons (Fsp3) is 0.333. The van der Waals surface area contributed by atoms with Gasteiger partial charge in [-0.1, -0.05) is 23.7 Å². The van der Waals surface area contributed by atoms with Gasteiger partial charge in [-0.05, 0) is 37.7 Å². The van der Waals surface area contributed by atoms with Gasteiger partial charge >= 0.3 is 0 Å². The van der Waals surface area contributed by atoms with Crippen LogP contribution in [0, 0.1) is 6.92 Å². The van der Waals surface area contributed by atoms with Crippen LogP contribution in [0.1, 0.15) is 12.5 Å². The second kappa shape index (κ2) is 7.28. The fourth-order valence-electron chi connectivity index (χ4n) is 1.32. The zero-order chi connectivity index (χ0) is 14.4. The van der Waals surface area contributed by atoms with Crippen LogP contribution in [0.15, 0.2) is 23.2 Å². The molecular weight excluding hydrogens is 284 g/mol. The van der Waals surface area contributed by atoms with Crippen LogP contribution in [-0.2, 0) is 4.74 Å². The van der Waals surface area contributed by atoms with E-state index in [9.17, 15) is 0 Å². The van der Waals surface area contributed by atoms with Gasteiger partial charge in [-0.25, -0.2) is 0 Å². The predicted octanol–water partition coefficient (Wildman–Crippen LogP) is 2.24. The van der Waals surface area contributed by atoms with E-state index in [1.807, 2.05) is 26.0 Å². The Labute approximate surface area is 123 Å². The maximum absolute atomic E-state index is 6.08. The largest absolute Gasteiger partial charge is 0.369 e. The predicted molar refractivity (Wildman–Crippen MR) is 83.6 cm³/mol. The smallest absolute Gasteiger partial charge is 0.200 e. The Balaban J connectivity index is 2.74. The molecule has 0 aliphatic heterocycles. The van der Waals surface area contributed by atoms with E-state index in [4.69, 9.17) is 34.3 Å². The quantitative estimate of drug-likeness (QED) is 0.346. The molecule has 0 fully saturated rings. The van der Waals surface area contributed by atoms with Crippen molar-refractivity contribution in [2.75, 3.05) is 12.4 Å². The minimum atomic E-state index is -0.230. The second-order valence-electron chi connectivity index (χ2n) is 3.88. The number of aliphatic imine (C=N–C) groups is 1. The lowest BCUT2D eigenvalue weighted by Gasteiger charge is -2.13. The molecule has 1 unspecified atom stereocenters. The summed E-state index contributed by atoms with van der Waals surface area (Å²) < 4.78 is 5.01. The summed E-state index contributed by atoms with van der Waals surface area (Å²) in [6.07, 6.45) is -0.230. The van der Waals surface area contributed by atoms with Crippen LogP contribution in [0.3, 0.4) is 0 Å². The van der Waals surface area contributed by atoms with Crippen molar-refractivity contribution < 1.29 is 4.74 Å². The first kappa shape index (κ1) is 15.7. The van der Waals surface area contributed by atoms with Gasteiger partial charge in [-0.2, -0.15) is 4.99 Å². The number of methoxy groups -OCH3 is 1. The first-order valence-corrected chi connectivity index (χ1v) is 6.42. The molecule has 4 N–H and O–H groups in total. The molecule has 1 atom stereocenters. The molecule has 1 aromatic rings. The van der Waals surface area contributed by atoms with E-state index in [0.29, 0.717) is 10.7 Å². The van der Waals surface area contributed by atoms with Crippen LogP contribution in [0.2, 0.25) is 5.02 Å². The normalized spacial score (nSPS) is 12.9. The van der Waals surface area contributed by atoms with Gasteiger partial charge in [-0.3, -0.25) is 0 Å². The van der Waals surface area contributed by atoms with Gasteiger partial charge < -0.3 is 21.1 Å². The third-order valence-corrected chi connectivity index (χ3v) is 2.90. The van der Waals surface area contributed by atoms with Gasteiger partial charge in [0, 0.05) is 7.11 Å². The number of thiocarbonyl (C=S) groups is 1. The summed E-state index contributed by atoms with van der Waals surface area (Å²) in [7, 11) is 1.57. The zero-order valence-corrected chi connectivity index (χ0v) is 12.6. The van der Waals surface area contributed by atoms with E-state index in [1.165, 1.54) is 0 Å². The number of nitrogens with zero attached hydrogens (tertiary/aromatic N) is 1. The highest BCUT2D eigenvalue weighted by Gasteiger charge is 2.06. The number of guanidine groups is 1. The number of nitrogens with two attached hydrogens (primary N) is 1. The number of nitrogens with one attached hydrogen (secondary N) is 2. The molecule has 0 saturated carbocycles. The summed E-state index contributed by atoms with van der Waals surface area (Å²) in [5.41, 5.74) is 7.46. The molecule has 1 rings (SSSR count). The Kier molecular flexibility index (Phi) is 6.01. The highest BCUT2D eigenvalue weighted by atomic mass is 35.5. The molecular formula is C12H17ClN4OS. The number of hydrogen-bond acceptors (Lipinski definition) is 2. The fourth-order valence-corrected chi connectivity index (χ4v) is 1.85. The monoisotopic (exact) mass is 300 g/mol. The molecule has 0 aromatic heterocycles. The number of rotatable bonds is 3. The minimum Gasteiger partial charge on any atom is -0.369 e. The van der Waals surface area contributed by atoms with Gasteiger partial charge in [0.1, 0.15) is 6.23 Å². The van der Waals surface area contributed by atoms with Gasteiger partial charge in [0.15, 0.2) is 5.11 Å². The molecule has 5 nitrogen and oxygen atoms in total. The van der Waals surface area contributed by atoms with E-state index in [0.717, 1.165) is 5.56 Å². The SMILES string of the molecule is COC(C)NC(=S)/N=C(\N)Nc1c(C)cccc1Cl. The zero-order valence-electron chi connectivity index (χ0n) is 11.0. The molecule has 0 aliphatic rings. The van der Waals surface area contributed by atoms with E-state index in [1.54, 1.807) is 13.2 Å². The average Bonchev–Trinajstić information content (AvgIpc) is 2.33. The van der Waals surface area contributed by atoms with Crippen LogP contribution < -0.4 is 16.4 Å². The van der Waals surface area contributed by atoms with Crippen molar-refractivity contribution in [3.63, 3.8) is 0 Å². The molecule has 0 spiro atoms.